The molecule has 24 heavy (non-hydrogen) atoms. The number of rotatable bonds is 19. The van der Waals surface area contributed by atoms with Crippen LogP contribution in [0.15, 0.2) is 0 Å². The van der Waals surface area contributed by atoms with Crippen LogP contribution in [0, 0.1) is 5.92 Å². The summed E-state index contributed by atoms with van der Waals surface area (Å²) in [4.78, 5) is 12.2. The van der Waals surface area contributed by atoms with Crippen molar-refractivity contribution in [3.63, 3.8) is 0 Å². The fourth-order valence-electron chi connectivity index (χ4n) is 3.34. The highest BCUT2D eigenvalue weighted by Gasteiger charge is 2.16. The van der Waals surface area contributed by atoms with Crippen molar-refractivity contribution >= 4 is 5.78 Å². The van der Waals surface area contributed by atoms with E-state index in [0.29, 0.717) is 12.2 Å². The lowest BCUT2D eigenvalue weighted by Gasteiger charge is -2.13. The molecule has 0 aliphatic carbocycles. The van der Waals surface area contributed by atoms with Crippen molar-refractivity contribution < 1.29 is 9.90 Å². The molecule has 2 heteroatoms. The average Bonchev–Trinajstić information content (AvgIpc) is 2.59. The van der Waals surface area contributed by atoms with Gasteiger partial charge in [-0.25, -0.2) is 0 Å². The first-order chi connectivity index (χ1) is 11.8. The molecule has 0 aromatic rings. The first-order valence-corrected chi connectivity index (χ1v) is 10.9. The summed E-state index contributed by atoms with van der Waals surface area (Å²) in [5.74, 6) is 0.208. The largest absolute Gasteiger partial charge is 0.396 e. The highest BCUT2D eigenvalue weighted by Crippen LogP contribution is 2.17. The topological polar surface area (TPSA) is 37.3 Å². The molecule has 0 aromatic carbocycles. The Hall–Kier alpha value is -0.370. The predicted octanol–water partition coefficient (Wildman–Crippen LogP) is 6.84. The van der Waals surface area contributed by atoms with E-state index in [1.807, 2.05) is 0 Å². The molecular weight excluding hydrogens is 296 g/mol. The summed E-state index contributed by atoms with van der Waals surface area (Å²) in [6.45, 7) is 4.53. The Balaban J connectivity index is 3.52. The van der Waals surface area contributed by atoms with Gasteiger partial charge in [0, 0.05) is 12.3 Å². The zero-order valence-corrected chi connectivity index (χ0v) is 16.7. The maximum atomic E-state index is 12.2. The average molecular weight is 341 g/mol. The predicted molar refractivity (Wildman–Crippen MR) is 105 cm³/mol. The molecule has 0 spiro atoms. The van der Waals surface area contributed by atoms with Gasteiger partial charge in [-0.1, -0.05) is 104 Å². The van der Waals surface area contributed by atoms with Crippen molar-refractivity contribution in [2.75, 3.05) is 6.61 Å². The maximum absolute atomic E-state index is 12.2. The third-order valence-electron chi connectivity index (χ3n) is 5.11. The van der Waals surface area contributed by atoms with Crippen LogP contribution >= 0.6 is 0 Å². The number of carbonyl (C=O) groups excluding carboxylic acids is 1. The molecule has 0 amide bonds. The number of carbonyl (C=O) groups is 1. The minimum atomic E-state index is -0.0924. The first-order valence-electron chi connectivity index (χ1n) is 10.9. The van der Waals surface area contributed by atoms with Crippen molar-refractivity contribution in [2.45, 2.75) is 123 Å². The van der Waals surface area contributed by atoms with Crippen molar-refractivity contribution in [1.29, 1.82) is 0 Å². The van der Waals surface area contributed by atoms with Crippen LogP contribution in [0.1, 0.15) is 123 Å². The van der Waals surface area contributed by atoms with Gasteiger partial charge in [0.2, 0.25) is 0 Å². The second-order valence-corrected chi connectivity index (χ2v) is 7.48. The summed E-state index contributed by atoms with van der Waals surface area (Å²) in [7, 11) is 0. The van der Waals surface area contributed by atoms with E-state index in [1.54, 1.807) is 0 Å². The molecule has 1 atom stereocenters. The minimum absolute atomic E-state index is 0.0473. The SMILES string of the molecule is CCCCCCCCCCC(=O)C(CO)CCCCCCCCC. The third-order valence-corrected chi connectivity index (χ3v) is 5.11. The lowest BCUT2D eigenvalue weighted by molar-refractivity contribution is -0.124. The number of hydrogen-bond donors (Lipinski definition) is 1. The Labute approximate surface area is 151 Å². The van der Waals surface area contributed by atoms with Crippen molar-refractivity contribution in [1.82, 2.24) is 0 Å². The summed E-state index contributed by atoms with van der Waals surface area (Å²) in [6, 6.07) is 0. The quantitative estimate of drug-likeness (QED) is 0.261. The lowest BCUT2D eigenvalue weighted by Crippen LogP contribution is -2.18. The van der Waals surface area contributed by atoms with Crippen molar-refractivity contribution in [3.05, 3.63) is 0 Å². The molecule has 0 aliphatic heterocycles. The molecule has 0 rings (SSSR count). The Morgan fingerprint density at radius 2 is 1.08 bits per heavy atom. The van der Waals surface area contributed by atoms with E-state index in [4.69, 9.17) is 0 Å². The van der Waals surface area contributed by atoms with Crippen molar-refractivity contribution in [2.24, 2.45) is 5.92 Å². The molecule has 0 aromatic heterocycles. The minimum Gasteiger partial charge on any atom is -0.396 e. The highest BCUT2D eigenvalue weighted by molar-refractivity contribution is 5.81. The summed E-state index contributed by atoms with van der Waals surface area (Å²) < 4.78 is 0. The smallest absolute Gasteiger partial charge is 0.138 e. The second-order valence-electron chi connectivity index (χ2n) is 7.48. The standard InChI is InChI=1S/C22H44O2/c1-3-5-7-9-11-13-15-17-19-22(24)21(20-23)18-16-14-12-10-8-6-4-2/h21,23H,3-20H2,1-2H3. The molecule has 2 nitrogen and oxygen atoms in total. The van der Waals surface area contributed by atoms with Gasteiger partial charge in [-0.15, -0.1) is 0 Å². The fourth-order valence-corrected chi connectivity index (χ4v) is 3.34. The van der Waals surface area contributed by atoms with E-state index in [9.17, 15) is 9.90 Å². The number of hydrogen-bond acceptors (Lipinski definition) is 2. The lowest BCUT2D eigenvalue weighted by atomic mass is 9.93. The molecule has 0 bridgehead atoms. The molecule has 0 radical (unpaired) electrons. The zero-order valence-electron chi connectivity index (χ0n) is 16.7. The Kier molecular flexibility index (Phi) is 18.7. The van der Waals surface area contributed by atoms with Crippen LogP contribution in [-0.4, -0.2) is 17.5 Å². The van der Waals surface area contributed by atoms with Gasteiger partial charge in [0.15, 0.2) is 0 Å². The summed E-state index contributed by atoms with van der Waals surface area (Å²) >= 11 is 0. The van der Waals surface area contributed by atoms with E-state index >= 15 is 0 Å². The zero-order chi connectivity index (χ0) is 17.9. The molecular formula is C22H44O2. The number of Topliss-reactive ketones (excluding diaryl/α,β-unsaturated/α-hetero) is 1. The Morgan fingerprint density at radius 1 is 0.667 bits per heavy atom. The molecule has 144 valence electrons. The van der Waals surface area contributed by atoms with Gasteiger partial charge in [-0.3, -0.25) is 4.79 Å². The van der Waals surface area contributed by atoms with Crippen molar-refractivity contribution in [3.8, 4) is 0 Å². The van der Waals surface area contributed by atoms with Crippen LogP contribution in [-0.2, 0) is 4.79 Å². The van der Waals surface area contributed by atoms with Crippen LogP contribution in [0.25, 0.3) is 0 Å². The van der Waals surface area contributed by atoms with Gasteiger partial charge in [0.05, 0.1) is 6.61 Å². The number of ketones is 1. The molecule has 0 fully saturated rings. The van der Waals surface area contributed by atoms with E-state index in [0.717, 1.165) is 19.3 Å². The monoisotopic (exact) mass is 340 g/mol. The van der Waals surface area contributed by atoms with Gasteiger partial charge in [0.25, 0.3) is 0 Å². The van der Waals surface area contributed by atoms with E-state index < -0.39 is 0 Å². The fraction of sp³-hybridized carbons (Fsp3) is 0.955. The van der Waals surface area contributed by atoms with Crippen LogP contribution in [0.5, 0.6) is 0 Å². The molecule has 0 saturated carbocycles. The van der Waals surface area contributed by atoms with E-state index in [2.05, 4.69) is 13.8 Å². The maximum Gasteiger partial charge on any atom is 0.138 e. The van der Waals surface area contributed by atoms with E-state index in [-0.39, 0.29) is 12.5 Å². The van der Waals surface area contributed by atoms with Gasteiger partial charge >= 0.3 is 0 Å². The molecule has 0 heterocycles. The van der Waals surface area contributed by atoms with Crippen LogP contribution in [0.2, 0.25) is 0 Å². The molecule has 1 N–H and O–H groups in total. The molecule has 1 unspecified atom stereocenters. The Bertz CT molecular complexity index is 263. The van der Waals surface area contributed by atoms with Gasteiger partial charge in [0.1, 0.15) is 5.78 Å². The Morgan fingerprint density at radius 3 is 1.54 bits per heavy atom. The second kappa shape index (κ2) is 19.0. The summed E-state index contributed by atoms with van der Waals surface area (Å²) in [5.41, 5.74) is 0. The normalized spacial score (nSPS) is 12.5. The number of aliphatic hydroxyl groups is 1. The van der Waals surface area contributed by atoms with Gasteiger partial charge in [-0.2, -0.15) is 0 Å². The third kappa shape index (κ3) is 15.2. The number of aliphatic hydroxyl groups excluding tert-OH is 1. The van der Waals surface area contributed by atoms with Crippen LogP contribution in [0.3, 0.4) is 0 Å². The van der Waals surface area contributed by atoms with Gasteiger partial charge in [-0.05, 0) is 12.8 Å². The summed E-state index contributed by atoms with van der Waals surface area (Å²) in [6.07, 6.45) is 20.6. The van der Waals surface area contributed by atoms with Crippen LogP contribution in [0.4, 0.5) is 0 Å². The number of unbranched alkanes of at least 4 members (excludes halogenated alkanes) is 13. The molecule has 0 aliphatic rings. The van der Waals surface area contributed by atoms with E-state index in [1.165, 1.54) is 83.5 Å². The van der Waals surface area contributed by atoms with Gasteiger partial charge < -0.3 is 5.11 Å². The summed E-state index contributed by atoms with van der Waals surface area (Å²) in [5, 5.41) is 9.47. The molecule has 0 saturated heterocycles. The highest BCUT2D eigenvalue weighted by atomic mass is 16.3. The van der Waals surface area contributed by atoms with Crippen LogP contribution < -0.4 is 0 Å². The first kappa shape index (κ1) is 23.6.